The lowest BCUT2D eigenvalue weighted by atomic mass is 9.96. The number of nitrogen functional groups attached to an aromatic ring is 1. The predicted octanol–water partition coefficient (Wildman–Crippen LogP) is 1.96. The molecule has 0 atom stereocenters. The molecule has 1 aliphatic heterocycles. The zero-order chi connectivity index (χ0) is 18.7. The van der Waals surface area contributed by atoms with Gasteiger partial charge in [-0.1, -0.05) is 25.3 Å². The van der Waals surface area contributed by atoms with Crippen LogP contribution in [0.1, 0.15) is 42.5 Å². The van der Waals surface area contributed by atoms with E-state index in [9.17, 15) is 13.2 Å². The molecule has 2 N–H and O–H groups in total. The van der Waals surface area contributed by atoms with Crippen LogP contribution in [0.25, 0.3) is 0 Å². The van der Waals surface area contributed by atoms with E-state index in [1.807, 2.05) is 0 Å². The predicted molar refractivity (Wildman–Crippen MR) is 109 cm³/mol. The molecule has 0 unspecified atom stereocenters. The number of halogens is 1. The van der Waals surface area contributed by atoms with E-state index in [-0.39, 0.29) is 24.4 Å². The Morgan fingerprint density at radius 2 is 1.74 bits per heavy atom. The molecule has 0 aromatic heterocycles. The third-order valence-corrected chi connectivity index (χ3v) is 7.48. The highest BCUT2D eigenvalue weighted by molar-refractivity contribution is 7.86. The Bertz CT molecular complexity index is 745. The van der Waals surface area contributed by atoms with Crippen molar-refractivity contribution in [1.29, 1.82) is 0 Å². The van der Waals surface area contributed by atoms with Crippen molar-refractivity contribution in [2.45, 2.75) is 38.1 Å². The van der Waals surface area contributed by atoms with Crippen LogP contribution in [0, 0.1) is 0 Å². The molecule has 1 saturated carbocycles. The fraction of sp³-hybridized carbons (Fsp3) is 0.611. The number of piperazine rings is 1. The summed E-state index contributed by atoms with van der Waals surface area (Å²) in [6.07, 6.45) is 5.24. The molecule has 2 aliphatic rings. The second-order valence-electron chi connectivity index (χ2n) is 7.13. The maximum absolute atomic E-state index is 12.9. The number of hydrogen-bond donors (Lipinski definition) is 1. The molecule has 7 nitrogen and oxygen atoms in total. The highest BCUT2D eigenvalue weighted by atomic mass is 35.5. The van der Waals surface area contributed by atoms with Gasteiger partial charge in [0.15, 0.2) is 0 Å². The zero-order valence-corrected chi connectivity index (χ0v) is 17.3. The minimum Gasteiger partial charge on any atom is -0.399 e. The highest BCUT2D eigenvalue weighted by Crippen LogP contribution is 2.25. The maximum atomic E-state index is 12.9. The van der Waals surface area contributed by atoms with Gasteiger partial charge in [0.1, 0.15) is 0 Å². The van der Waals surface area contributed by atoms with Gasteiger partial charge < -0.3 is 10.6 Å². The average Bonchev–Trinajstić information content (AvgIpc) is 2.67. The van der Waals surface area contributed by atoms with Crippen molar-refractivity contribution in [3.05, 3.63) is 29.8 Å². The first-order valence-corrected chi connectivity index (χ1v) is 10.7. The highest BCUT2D eigenvalue weighted by Gasteiger charge is 2.35. The van der Waals surface area contributed by atoms with Crippen LogP contribution < -0.4 is 5.73 Å². The Morgan fingerprint density at radius 3 is 2.33 bits per heavy atom. The average molecular weight is 417 g/mol. The van der Waals surface area contributed by atoms with Gasteiger partial charge in [0.05, 0.1) is 0 Å². The lowest BCUT2D eigenvalue weighted by Gasteiger charge is -2.38. The lowest BCUT2D eigenvalue weighted by Crippen LogP contribution is -2.55. The topological polar surface area (TPSA) is 87.0 Å². The van der Waals surface area contributed by atoms with Crippen molar-refractivity contribution in [3.63, 3.8) is 0 Å². The fourth-order valence-corrected chi connectivity index (χ4v) is 5.37. The second-order valence-corrected chi connectivity index (χ2v) is 9.12. The Hall–Kier alpha value is -1.35. The molecule has 1 saturated heterocycles. The summed E-state index contributed by atoms with van der Waals surface area (Å²) in [5.41, 5.74) is 6.84. The first kappa shape index (κ1) is 21.9. The summed E-state index contributed by atoms with van der Waals surface area (Å²) in [7, 11) is -1.78. The van der Waals surface area contributed by atoms with Gasteiger partial charge in [-0.25, -0.2) is 0 Å². The standard InChI is InChI=1S/C18H28N4O3S.ClH/c1-20(17-8-3-2-4-9-17)26(24,25)22-12-10-21(11-13-22)18(23)15-6-5-7-16(19)14-15;/h5-7,14,17H,2-4,8-13,19H2,1H3;1H. The smallest absolute Gasteiger partial charge is 0.282 e. The van der Waals surface area contributed by atoms with Crippen molar-refractivity contribution in [2.24, 2.45) is 0 Å². The second kappa shape index (κ2) is 9.23. The van der Waals surface area contributed by atoms with Gasteiger partial charge >= 0.3 is 0 Å². The summed E-state index contributed by atoms with van der Waals surface area (Å²) < 4.78 is 28.9. The molecule has 3 rings (SSSR count). The van der Waals surface area contributed by atoms with Gasteiger partial charge in [-0.3, -0.25) is 4.79 Å². The summed E-state index contributed by atoms with van der Waals surface area (Å²) >= 11 is 0. The molecule has 0 bridgehead atoms. The first-order chi connectivity index (χ1) is 12.4. The van der Waals surface area contributed by atoms with Crippen LogP contribution in [0.15, 0.2) is 24.3 Å². The molecule has 2 fully saturated rings. The van der Waals surface area contributed by atoms with Gasteiger partial charge in [0, 0.05) is 50.5 Å². The fourth-order valence-electron chi connectivity index (χ4n) is 3.79. The van der Waals surface area contributed by atoms with Gasteiger partial charge in [0.2, 0.25) is 0 Å². The molecule has 0 radical (unpaired) electrons. The largest absolute Gasteiger partial charge is 0.399 e. The SMILES string of the molecule is CN(C1CCCCC1)S(=O)(=O)N1CCN(C(=O)c2cccc(N)c2)CC1.Cl. The van der Waals surface area contributed by atoms with E-state index in [2.05, 4.69) is 0 Å². The van der Waals surface area contributed by atoms with E-state index in [0.717, 1.165) is 25.7 Å². The Labute approximate surface area is 168 Å². The summed E-state index contributed by atoms with van der Waals surface area (Å²) in [6.45, 7) is 1.44. The number of nitrogens with two attached hydrogens (primary N) is 1. The minimum absolute atomic E-state index is 0. The van der Waals surface area contributed by atoms with Crippen molar-refractivity contribution in [3.8, 4) is 0 Å². The molecule has 1 amide bonds. The molecule has 27 heavy (non-hydrogen) atoms. The lowest BCUT2D eigenvalue weighted by molar-refractivity contribution is 0.0693. The summed E-state index contributed by atoms with van der Waals surface area (Å²) in [4.78, 5) is 14.3. The molecular weight excluding hydrogens is 388 g/mol. The van der Waals surface area contributed by atoms with Crippen LogP contribution in [-0.4, -0.2) is 67.1 Å². The molecule has 1 heterocycles. The number of carbonyl (C=O) groups excluding carboxylic acids is 1. The van der Waals surface area contributed by atoms with Crippen LogP contribution in [0.3, 0.4) is 0 Å². The molecular formula is C18H29ClN4O3S. The van der Waals surface area contributed by atoms with Crippen molar-refractivity contribution in [2.75, 3.05) is 39.0 Å². The number of anilines is 1. The van der Waals surface area contributed by atoms with Crippen molar-refractivity contribution >= 4 is 34.2 Å². The number of benzene rings is 1. The van der Waals surface area contributed by atoms with Crippen LogP contribution >= 0.6 is 12.4 Å². The Balaban J connectivity index is 0.00000261. The molecule has 1 aromatic rings. The zero-order valence-electron chi connectivity index (χ0n) is 15.7. The minimum atomic E-state index is -3.47. The van der Waals surface area contributed by atoms with E-state index < -0.39 is 10.2 Å². The quantitative estimate of drug-likeness (QED) is 0.760. The third kappa shape index (κ3) is 4.93. The third-order valence-electron chi connectivity index (χ3n) is 5.44. The number of hydrogen-bond acceptors (Lipinski definition) is 4. The van der Waals surface area contributed by atoms with E-state index in [1.165, 1.54) is 10.7 Å². The number of rotatable bonds is 4. The summed E-state index contributed by atoms with van der Waals surface area (Å²) in [6, 6.07) is 6.98. The van der Waals surface area contributed by atoms with Crippen molar-refractivity contribution < 1.29 is 13.2 Å². The molecule has 1 aromatic carbocycles. The van der Waals surface area contributed by atoms with E-state index in [1.54, 1.807) is 40.5 Å². The normalized spacial score (nSPS) is 19.7. The van der Waals surface area contributed by atoms with Gasteiger partial charge in [-0.05, 0) is 31.0 Å². The van der Waals surface area contributed by atoms with Gasteiger partial charge in [0.25, 0.3) is 16.1 Å². The van der Waals surface area contributed by atoms with E-state index in [0.29, 0.717) is 37.4 Å². The van der Waals surface area contributed by atoms with Gasteiger partial charge in [-0.15, -0.1) is 12.4 Å². The van der Waals surface area contributed by atoms with E-state index >= 15 is 0 Å². The van der Waals surface area contributed by atoms with Crippen LogP contribution in [0.5, 0.6) is 0 Å². The molecule has 152 valence electrons. The number of carbonyl (C=O) groups is 1. The van der Waals surface area contributed by atoms with Crippen LogP contribution in [-0.2, 0) is 10.2 Å². The Morgan fingerprint density at radius 1 is 1.11 bits per heavy atom. The number of amides is 1. The monoisotopic (exact) mass is 416 g/mol. The molecule has 0 spiro atoms. The number of nitrogens with zero attached hydrogens (tertiary/aromatic N) is 3. The first-order valence-electron chi connectivity index (χ1n) is 9.27. The van der Waals surface area contributed by atoms with Gasteiger partial charge in [-0.2, -0.15) is 17.0 Å². The van der Waals surface area contributed by atoms with Crippen LogP contribution in [0.4, 0.5) is 5.69 Å². The Kier molecular flexibility index (Phi) is 7.50. The molecule has 9 heteroatoms. The molecule has 1 aliphatic carbocycles. The maximum Gasteiger partial charge on any atom is 0.282 e. The van der Waals surface area contributed by atoms with E-state index in [4.69, 9.17) is 5.73 Å². The summed E-state index contributed by atoms with van der Waals surface area (Å²) in [5, 5.41) is 0. The summed E-state index contributed by atoms with van der Waals surface area (Å²) in [5.74, 6) is -0.102. The van der Waals surface area contributed by atoms with Crippen molar-refractivity contribution in [1.82, 2.24) is 13.5 Å². The van der Waals surface area contributed by atoms with Crippen LogP contribution in [0.2, 0.25) is 0 Å².